The Labute approximate surface area is 176 Å². The first-order chi connectivity index (χ1) is 14.7. The molecule has 1 aliphatic rings. The van der Waals surface area contributed by atoms with Crippen molar-refractivity contribution in [3.8, 4) is 5.75 Å². The van der Waals surface area contributed by atoms with Crippen LogP contribution in [0.1, 0.15) is 30.1 Å². The van der Waals surface area contributed by atoms with Crippen molar-refractivity contribution < 1.29 is 14.3 Å². The third-order valence-corrected chi connectivity index (χ3v) is 5.10. The number of nitrogens with one attached hydrogen (secondary N) is 1. The lowest BCUT2D eigenvalue weighted by atomic mass is 10.1. The molecule has 1 fully saturated rings. The van der Waals surface area contributed by atoms with E-state index in [0.29, 0.717) is 18.7 Å². The lowest BCUT2D eigenvalue weighted by molar-refractivity contribution is -0.128. The number of para-hydroxylation sites is 1. The average molecular weight is 400 g/mol. The van der Waals surface area contributed by atoms with E-state index in [2.05, 4.69) is 5.32 Å². The van der Waals surface area contributed by atoms with E-state index in [1.807, 2.05) is 84.9 Å². The molecule has 1 heterocycles. The Morgan fingerprint density at radius 3 is 2.40 bits per heavy atom. The SMILES string of the molecule is O=C(NCc1cccc(N2CCCC2=O)c1)[C@@H](Oc1ccccc1)c1ccccc1. The van der Waals surface area contributed by atoms with Crippen LogP contribution in [0, 0.1) is 0 Å². The Kier molecular flexibility index (Phi) is 6.09. The van der Waals surface area contributed by atoms with E-state index in [4.69, 9.17) is 4.74 Å². The summed E-state index contributed by atoms with van der Waals surface area (Å²) in [5.41, 5.74) is 2.60. The second-order valence-corrected chi connectivity index (χ2v) is 7.26. The van der Waals surface area contributed by atoms with Gasteiger partial charge in [-0.25, -0.2) is 0 Å². The molecule has 0 unspecified atom stereocenters. The molecule has 152 valence electrons. The highest BCUT2D eigenvalue weighted by Crippen LogP contribution is 2.24. The third kappa shape index (κ3) is 4.69. The first-order valence-corrected chi connectivity index (χ1v) is 10.1. The van der Waals surface area contributed by atoms with Crippen LogP contribution in [0.5, 0.6) is 5.75 Å². The molecule has 1 N–H and O–H groups in total. The van der Waals surface area contributed by atoms with Gasteiger partial charge in [-0.05, 0) is 36.2 Å². The normalized spacial score (nSPS) is 14.4. The number of benzene rings is 3. The van der Waals surface area contributed by atoms with Crippen molar-refractivity contribution in [2.24, 2.45) is 0 Å². The minimum Gasteiger partial charge on any atom is -0.476 e. The number of nitrogens with zero attached hydrogens (tertiary/aromatic N) is 1. The highest BCUT2D eigenvalue weighted by atomic mass is 16.5. The van der Waals surface area contributed by atoms with Gasteiger partial charge < -0.3 is 15.0 Å². The number of hydrogen-bond donors (Lipinski definition) is 1. The summed E-state index contributed by atoms with van der Waals surface area (Å²) in [7, 11) is 0. The second kappa shape index (κ2) is 9.27. The summed E-state index contributed by atoms with van der Waals surface area (Å²) in [6.45, 7) is 1.10. The van der Waals surface area contributed by atoms with Gasteiger partial charge in [-0.1, -0.05) is 60.7 Å². The lowest BCUT2D eigenvalue weighted by Crippen LogP contribution is -2.32. The van der Waals surface area contributed by atoms with Gasteiger partial charge in [0.25, 0.3) is 5.91 Å². The van der Waals surface area contributed by atoms with Gasteiger partial charge in [-0.2, -0.15) is 0 Å². The van der Waals surface area contributed by atoms with Crippen molar-refractivity contribution in [2.45, 2.75) is 25.5 Å². The standard InChI is InChI=1S/C25H24N2O3/c28-23-15-8-16-27(23)21-12-7-9-19(17-21)18-26-25(29)24(20-10-3-1-4-11-20)30-22-13-5-2-6-14-22/h1-7,9-14,17,24H,8,15-16,18H2,(H,26,29)/t24-/m0/s1. The molecule has 4 rings (SSSR count). The van der Waals surface area contributed by atoms with E-state index in [0.717, 1.165) is 29.8 Å². The summed E-state index contributed by atoms with van der Waals surface area (Å²) in [5.74, 6) is 0.570. The highest BCUT2D eigenvalue weighted by molar-refractivity contribution is 5.95. The quantitative estimate of drug-likeness (QED) is 0.645. The first-order valence-electron chi connectivity index (χ1n) is 10.1. The van der Waals surface area contributed by atoms with Crippen LogP contribution in [0.4, 0.5) is 5.69 Å². The van der Waals surface area contributed by atoms with Crippen molar-refractivity contribution in [1.82, 2.24) is 5.32 Å². The maximum absolute atomic E-state index is 13.0. The fourth-order valence-corrected chi connectivity index (χ4v) is 3.57. The summed E-state index contributed by atoms with van der Waals surface area (Å²) in [5, 5.41) is 2.98. The van der Waals surface area contributed by atoms with Gasteiger partial charge in [0.2, 0.25) is 12.0 Å². The second-order valence-electron chi connectivity index (χ2n) is 7.26. The molecule has 0 radical (unpaired) electrons. The average Bonchev–Trinajstić information content (AvgIpc) is 3.23. The van der Waals surface area contributed by atoms with E-state index in [-0.39, 0.29) is 11.8 Å². The number of rotatable bonds is 7. The number of carbonyl (C=O) groups is 2. The Hall–Kier alpha value is -3.60. The molecule has 1 atom stereocenters. The Bertz CT molecular complexity index is 1010. The van der Waals surface area contributed by atoms with Gasteiger partial charge in [-0.15, -0.1) is 0 Å². The predicted octanol–water partition coefficient (Wildman–Crippen LogP) is 4.25. The highest BCUT2D eigenvalue weighted by Gasteiger charge is 2.23. The van der Waals surface area contributed by atoms with E-state index in [1.54, 1.807) is 4.90 Å². The van der Waals surface area contributed by atoms with Gasteiger partial charge in [-0.3, -0.25) is 9.59 Å². The zero-order valence-corrected chi connectivity index (χ0v) is 16.7. The summed E-state index contributed by atoms with van der Waals surface area (Å²) < 4.78 is 6.00. The van der Waals surface area contributed by atoms with Crippen LogP contribution in [-0.2, 0) is 16.1 Å². The van der Waals surface area contributed by atoms with E-state index < -0.39 is 6.10 Å². The first kappa shape index (κ1) is 19.7. The van der Waals surface area contributed by atoms with Gasteiger partial charge in [0.15, 0.2) is 0 Å². The summed E-state index contributed by atoms with van der Waals surface area (Å²) >= 11 is 0. The van der Waals surface area contributed by atoms with E-state index in [9.17, 15) is 9.59 Å². The van der Waals surface area contributed by atoms with Crippen molar-refractivity contribution in [1.29, 1.82) is 0 Å². The number of ether oxygens (including phenoxy) is 1. The van der Waals surface area contributed by atoms with Gasteiger partial charge in [0, 0.05) is 30.8 Å². The largest absolute Gasteiger partial charge is 0.476 e. The van der Waals surface area contributed by atoms with Crippen LogP contribution in [0.3, 0.4) is 0 Å². The molecule has 0 bridgehead atoms. The molecular formula is C25H24N2O3. The molecule has 1 saturated heterocycles. The Morgan fingerprint density at radius 2 is 1.70 bits per heavy atom. The van der Waals surface area contributed by atoms with Crippen LogP contribution in [-0.4, -0.2) is 18.4 Å². The van der Waals surface area contributed by atoms with Gasteiger partial charge >= 0.3 is 0 Å². The number of anilines is 1. The fraction of sp³-hybridized carbons (Fsp3) is 0.200. The maximum Gasteiger partial charge on any atom is 0.266 e. The molecule has 0 aliphatic carbocycles. The molecule has 1 aliphatic heterocycles. The molecule has 2 amide bonds. The van der Waals surface area contributed by atoms with Crippen molar-refractivity contribution in [2.75, 3.05) is 11.4 Å². The third-order valence-electron chi connectivity index (χ3n) is 5.10. The summed E-state index contributed by atoms with van der Waals surface area (Å²) in [4.78, 5) is 26.8. The van der Waals surface area contributed by atoms with Crippen molar-refractivity contribution in [3.63, 3.8) is 0 Å². The summed E-state index contributed by atoms with van der Waals surface area (Å²) in [6.07, 6.45) is 0.725. The van der Waals surface area contributed by atoms with Gasteiger partial charge in [0.1, 0.15) is 5.75 Å². The van der Waals surface area contributed by atoms with E-state index >= 15 is 0 Å². The zero-order valence-electron chi connectivity index (χ0n) is 16.7. The number of amides is 2. The van der Waals surface area contributed by atoms with E-state index in [1.165, 1.54) is 0 Å². The fourth-order valence-electron chi connectivity index (χ4n) is 3.57. The monoisotopic (exact) mass is 400 g/mol. The maximum atomic E-state index is 13.0. The predicted molar refractivity (Wildman–Crippen MR) is 116 cm³/mol. The number of hydrogen-bond acceptors (Lipinski definition) is 3. The smallest absolute Gasteiger partial charge is 0.266 e. The molecule has 30 heavy (non-hydrogen) atoms. The van der Waals surface area contributed by atoms with Gasteiger partial charge in [0.05, 0.1) is 0 Å². The van der Waals surface area contributed by atoms with Crippen molar-refractivity contribution >= 4 is 17.5 Å². The molecule has 0 spiro atoms. The summed E-state index contributed by atoms with van der Waals surface area (Å²) in [6, 6.07) is 26.5. The Balaban J connectivity index is 1.47. The van der Waals surface area contributed by atoms with Crippen LogP contribution >= 0.6 is 0 Å². The Morgan fingerprint density at radius 1 is 0.967 bits per heavy atom. The zero-order chi connectivity index (χ0) is 20.8. The minimum absolute atomic E-state index is 0.150. The molecular weight excluding hydrogens is 376 g/mol. The molecule has 0 aromatic heterocycles. The number of carbonyl (C=O) groups excluding carboxylic acids is 2. The molecule has 3 aromatic rings. The molecule has 5 heteroatoms. The molecule has 3 aromatic carbocycles. The minimum atomic E-state index is -0.753. The topological polar surface area (TPSA) is 58.6 Å². The molecule has 5 nitrogen and oxygen atoms in total. The van der Waals surface area contributed by atoms with Crippen LogP contribution in [0.25, 0.3) is 0 Å². The lowest BCUT2D eigenvalue weighted by Gasteiger charge is -2.20. The van der Waals surface area contributed by atoms with Crippen LogP contribution in [0.2, 0.25) is 0 Å². The van der Waals surface area contributed by atoms with Crippen LogP contribution in [0.15, 0.2) is 84.9 Å². The molecule has 0 saturated carbocycles. The van der Waals surface area contributed by atoms with Crippen LogP contribution < -0.4 is 15.0 Å². The van der Waals surface area contributed by atoms with Crippen molar-refractivity contribution in [3.05, 3.63) is 96.1 Å².